The van der Waals surface area contributed by atoms with E-state index >= 15 is 0 Å². The summed E-state index contributed by atoms with van der Waals surface area (Å²) < 4.78 is 16.8. The van der Waals surface area contributed by atoms with Crippen molar-refractivity contribution in [3.63, 3.8) is 0 Å². The Kier molecular flexibility index (Phi) is 5.43. The lowest BCUT2D eigenvalue weighted by Crippen LogP contribution is -2.32. The van der Waals surface area contributed by atoms with E-state index in [1.54, 1.807) is 18.2 Å². The number of para-hydroxylation sites is 1. The molecule has 1 unspecified atom stereocenters. The fourth-order valence-electron chi connectivity index (χ4n) is 2.93. The molecule has 2 aromatic carbocycles. The van der Waals surface area contributed by atoms with Crippen LogP contribution in [0.3, 0.4) is 0 Å². The van der Waals surface area contributed by atoms with Crippen LogP contribution in [0.1, 0.15) is 42.2 Å². The van der Waals surface area contributed by atoms with Crippen LogP contribution in [0.25, 0.3) is 0 Å². The van der Waals surface area contributed by atoms with Crippen LogP contribution in [0.4, 0.5) is 0 Å². The summed E-state index contributed by atoms with van der Waals surface area (Å²) in [4.78, 5) is 12.7. The van der Waals surface area contributed by atoms with Crippen LogP contribution < -0.4 is 19.5 Å². The maximum absolute atomic E-state index is 12.7. The zero-order valence-electron chi connectivity index (χ0n) is 14.6. The smallest absolute Gasteiger partial charge is 0.251 e. The van der Waals surface area contributed by atoms with Gasteiger partial charge in [0, 0.05) is 17.5 Å². The minimum Gasteiger partial charge on any atom is -0.493 e. The highest BCUT2D eigenvalue weighted by atomic mass is 16.5. The normalized spacial score (nSPS) is 15.7. The standard InChI is InChI=1S/C20H23NO4/c1-3-23-18-10-9-14(13-19(18)24-4-2)20(22)21-16-11-12-25-17-8-6-5-7-15(16)17/h5-10,13,16H,3-4,11-12H2,1-2H3,(H,21,22). The second kappa shape index (κ2) is 7.92. The summed E-state index contributed by atoms with van der Waals surface area (Å²) >= 11 is 0. The van der Waals surface area contributed by atoms with Crippen LogP contribution in [-0.2, 0) is 0 Å². The van der Waals surface area contributed by atoms with Crippen molar-refractivity contribution in [1.29, 1.82) is 0 Å². The second-order valence-corrected chi connectivity index (χ2v) is 5.73. The molecule has 0 fully saturated rings. The summed E-state index contributed by atoms with van der Waals surface area (Å²) in [6.45, 7) is 5.47. The number of benzene rings is 2. The van der Waals surface area contributed by atoms with Gasteiger partial charge >= 0.3 is 0 Å². The Morgan fingerprint density at radius 3 is 2.68 bits per heavy atom. The Hall–Kier alpha value is -2.69. The van der Waals surface area contributed by atoms with Crippen LogP contribution in [0.5, 0.6) is 17.2 Å². The van der Waals surface area contributed by atoms with Crippen LogP contribution in [0.15, 0.2) is 42.5 Å². The monoisotopic (exact) mass is 341 g/mol. The SMILES string of the molecule is CCOc1ccc(C(=O)NC2CCOc3ccccc32)cc1OCC. The molecule has 0 aromatic heterocycles. The summed E-state index contributed by atoms with van der Waals surface area (Å²) in [6.07, 6.45) is 0.748. The van der Waals surface area contributed by atoms with E-state index in [1.165, 1.54) is 0 Å². The second-order valence-electron chi connectivity index (χ2n) is 5.73. The quantitative estimate of drug-likeness (QED) is 0.870. The summed E-state index contributed by atoms with van der Waals surface area (Å²) in [5.41, 5.74) is 1.56. The lowest BCUT2D eigenvalue weighted by Gasteiger charge is -2.26. The molecule has 3 rings (SSSR count). The van der Waals surface area contributed by atoms with Gasteiger partial charge in [-0.15, -0.1) is 0 Å². The fourth-order valence-corrected chi connectivity index (χ4v) is 2.93. The minimum atomic E-state index is -0.134. The highest BCUT2D eigenvalue weighted by Crippen LogP contribution is 2.32. The average Bonchev–Trinajstić information content (AvgIpc) is 2.64. The molecule has 0 saturated heterocycles. The van der Waals surface area contributed by atoms with E-state index in [4.69, 9.17) is 14.2 Å². The zero-order valence-corrected chi connectivity index (χ0v) is 14.6. The van der Waals surface area contributed by atoms with Crippen molar-refractivity contribution in [3.05, 3.63) is 53.6 Å². The lowest BCUT2D eigenvalue weighted by atomic mass is 10.00. The summed E-state index contributed by atoms with van der Waals surface area (Å²) in [5.74, 6) is 1.94. The van der Waals surface area contributed by atoms with Crippen LogP contribution >= 0.6 is 0 Å². The molecule has 0 aliphatic carbocycles. The number of rotatable bonds is 6. The van der Waals surface area contributed by atoms with Crippen LogP contribution in [0, 0.1) is 0 Å². The number of hydrogen-bond donors (Lipinski definition) is 1. The maximum atomic E-state index is 12.7. The van der Waals surface area contributed by atoms with Gasteiger partial charge in [0.25, 0.3) is 5.91 Å². The van der Waals surface area contributed by atoms with Crippen molar-refractivity contribution < 1.29 is 19.0 Å². The Bertz CT molecular complexity index is 744. The summed E-state index contributed by atoms with van der Waals surface area (Å²) in [7, 11) is 0. The van der Waals surface area contributed by atoms with E-state index in [1.807, 2.05) is 38.1 Å². The van der Waals surface area contributed by atoms with E-state index in [-0.39, 0.29) is 11.9 Å². The van der Waals surface area contributed by atoms with Crippen molar-refractivity contribution in [3.8, 4) is 17.2 Å². The highest BCUT2D eigenvalue weighted by molar-refractivity contribution is 5.95. The number of fused-ring (bicyclic) bond motifs is 1. The van der Waals surface area contributed by atoms with Gasteiger partial charge in [-0.1, -0.05) is 18.2 Å². The number of amides is 1. The predicted molar refractivity (Wildman–Crippen MR) is 95.5 cm³/mol. The molecule has 2 aromatic rings. The van der Waals surface area contributed by atoms with Crippen molar-refractivity contribution in [2.24, 2.45) is 0 Å². The molecule has 5 nitrogen and oxygen atoms in total. The van der Waals surface area contributed by atoms with Crippen molar-refractivity contribution >= 4 is 5.91 Å². The first-order valence-electron chi connectivity index (χ1n) is 8.65. The van der Waals surface area contributed by atoms with Gasteiger partial charge in [0.1, 0.15) is 5.75 Å². The van der Waals surface area contributed by atoms with E-state index in [0.29, 0.717) is 36.9 Å². The molecule has 0 bridgehead atoms. The third-order valence-electron chi connectivity index (χ3n) is 4.07. The molecule has 0 spiro atoms. The van der Waals surface area contributed by atoms with Gasteiger partial charge in [-0.2, -0.15) is 0 Å². The van der Waals surface area contributed by atoms with Gasteiger partial charge in [0.05, 0.1) is 25.9 Å². The first kappa shape index (κ1) is 17.1. The molecule has 1 heterocycles. The van der Waals surface area contributed by atoms with Gasteiger partial charge in [-0.05, 0) is 38.1 Å². The zero-order chi connectivity index (χ0) is 17.6. The van der Waals surface area contributed by atoms with Crippen LogP contribution in [-0.4, -0.2) is 25.7 Å². The van der Waals surface area contributed by atoms with Gasteiger partial charge in [0.15, 0.2) is 11.5 Å². The van der Waals surface area contributed by atoms with Gasteiger partial charge < -0.3 is 19.5 Å². The largest absolute Gasteiger partial charge is 0.493 e. The number of carbonyl (C=O) groups excluding carboxylic acids is 1. The minimum absolute atomic E-state index is 0.0560. The fraction of sp³-hybridized carbons (Fsp3) is 0.350. The Balaban J connectivity index is 1.79. The molecule has 1 aliphatic heterocycles. The Morgan fingerprint density at radius 1 is 1.12 bits per heavy atom. The molecule has 0 saturated carbocycles. The average molecular weight is 341 g/mol. The van der Waals surface area contributed by atoms with Gasteiger partial charge in [-0.3, -0.25) is 4.79 Å². The predicted octanol–water partition coefficient (Wildman–Crippen LogP) is 3.74. The van der Waals surface area contributed by atoms with E-state index in [2.05, 4.69) is 5.32 Å². The van der Waals surface area contributed by atoms with E-state index in [9.17, 15) is 4.79 Å². The first-order valence-corrected chi connectivity index (χ1v) is 8.65. The number of hydrogen-bond acceptors (Lipinski definition) is 4. The molecule has 0 radical (unpaired) electrons. The van der Waals surface area contributed by atoms with Crippen molar-refractivity contribution in [1.82, 2.24) is 5.32 Å². The number of ether oxygens (including phenoxy) is 3. The molecule has 132 valence electrons. The number of carbonyl (C=O) groups is 1. The molecular weight excluding hydrogens is 318 g/mol. The maximum Gasteiger partial charge on any atom is 0.251 e. The molecule has 25 heavy (non-hydrogen) atoms. The topological polar surface area (TPSA) is 56.8 Å². The van der Waals surface area contributed by atoms with Gasteiger partial charge in [0.2, 0.25) is 0 Å². The third-order valence-corrected chi connectivity index (χ3v) is 4.07. The summed E-state index contributed by atoms with van der Waals surface area (Å²) in [5, 5.41) is 3.10. The van der Waals surface area contributed by atoms with E-state index < -0.39 is 0 Å². The third kappa shape index (κ3) is 3.87. The Morgan fingerprint density at radius 2 is 1.88 bits per heavy atom. The first-order chi connectivity index (χ1) is 12.2. The molecule has 1 N–H and O–H groups in total. The molecular formula is C20H23NO4. The lowest BCUT2D eigenvalue weighted by molar-refractivity contribution is 0.0924. The van der Waals surface area contributed by atoms with Crippen LogP contribution in [0.2, 0.25) is 0 Å². The highest BCUT2D eigenvalue weighted by Gasteiger charge is 2.23. The molecule has 1 atom stereocenters. The Labute approximate surface area is 147 Å². The molecule has 1 amide bonds. The van der Waals surface area contributed by atoms with E-state index in [0.717, 1.165) is 17.7 Å². The molecule has 5 heteroatoms. The molecule has 1 aliphatic rings. The van der Waals surface area contributed by atoms with Crippen molar-refractivity contribution in [2.45, 2.75) is 26.3 Å². The summed E-state index contributed by atoms with van der Waals surface area (Å²) in [6, 6.07) is 13.0. The van der Waals surface area contributed by atoms with Gasteiger partial charge in [-0.25, -0.2) is 0 Å². The number of nitrogens with one attached hydrogen (secondary N) is 1. The van der Waals surface area contributed by atoms with Crippen molar-refractivity contribution in [2.75, 3.05) is 19.8 Å².